The highest BCUT2D eigenvalue weighted by atomic mass is 16.6. The fourth-order valence-electron chi connectivity index (χ4n) is 11.7. The third-order valence-corrected chi connectivity index (χ3v) is 15.2. The van der Waals surface area contributed by atoms with Crippen LogP contribution in [0.2, 0.25) is 0 Å². The lowest BCUT2D eigenvalue weighted by molar-refractivity contribution is 0.0193. The number of amides is 1. The molecule has 0 aliphatic carbocycles. The number of nitriles is 1. The van der Waals surface area contributed by atoms with E-state index in [1.165, 1.54) is 5.69 Å². The maximum absolute atomic E-state index is 12.7. The van der Waals surface area contributed by atoms with Crippen LogP contribution in [0, 0.1) is 11.3 Å². The van der Waals surface area contributed by atoms with Gasteiger partial charge in [-0.3, -0.25) is 0 Å². The van der Waals surface area contributed by atoms with Crippen LogP contribution in [0.15, 0.2) is 159 Å². The number of aromatic nitrogens is 10. The van der Waals surface area contributed by atoms with Gasteiger partial charge in [-0.1, -0.05) is 91.0 Å². The van der Waals surface area contributed by atoms with E-state index in [2.05, 4.69) is 146 Å². The Bertz CT molecular complexity index is 4080. The second-order valence-electron chi connectivity index (χ2n) is 21.9. The Kier molecular flexibility index (Phi) is 13.5. The number of fused-ring (bicyclic) bond motifs is 4. The van der Waals surface area contributed by atoms with Gasteiger partial charge in [-0.2, -0.15) is 20.7 Å². The van der Waals surface area contributed by atoms with Crippen LogP contribution >= 0.6 is 0 Å². The quantitative estimate of drug-likeness (QED) is 0.154. The van der Waals surface area contributed by atoms with E-state index >= 15 is 0 Å². The molecule has 0 unspecified atom stereocenters. The molecular formula is C63H61N15O2. The number of rotatable bonds is 7. The van der Waals surface area contributed by atoms with Gasteiger partial charge in [0, 0.05) is 120 Å². The number of tetrazole rings is 1. The second-order valence-corrected chi connectivity index (χ2v) is 21.9. The van der Waals surface area contributed by atoms with Crippen LogP contribution in [0.25, 0.3) is 88.7 Å². The van der Waals surface area contributed by atoms with E-state index in [4.69, 9.17) is 14.7 Å². The molecule has 2 N–H and O–H groups in total. The van der Waals surface area contributed by atoms with Gasteiger partial charge in [0.05, 0.1) is 24.0 Å². The predicted molar refractivity (Wildman–Crippen MR) is 314 cm³/mol. The van der Waals surface area contributed by atoms with Crippen molar-refractivity contribution in [2.45, 2.75) is 78.2 Å². The number of ether oxygens (including phenoxy) is 1. The van der Waals surface area contributed by atoms with E-state index in [1.807, 2.05) is 126 Å². The summed E-state index contributed by atoms with van der Waals surface area (Å²) in [6, 6.07) is 44.9. The van der Waals surface area contributed by atoms with E-state index in [0.29, 0.717) is 36.6 Å². The molecular weight excluding hydrogens is 999 g/mol. The largest absolute Gasteiger partial charge is 0.444 e. The van der Waals surface area contributed by atoms with Gasteiger partial charge in [-0.15, -0.1) is 10.2 Å². The molecule has 2 fully saturated rings. The number of nitrogens with zero attached hydrogens (tertiary/aromatic N) is 13. The lowest BCUT2D eigenvalue weighted by Crippen LogP contribution is -2.58. The number of anilines is 2. The predicted octanol–water partition coefficient (Wildman–Crippen LogP) is 11.5. The summed E-state index contributed by atoms with van der Waals surface area (Å²) in [6.45, 7) is 17.7. The molecule has 6 aromatic carbocycles. The van der Waals surface area contributed by atoms with Crippen LogP contribution < -0.4 is 15.1 Å². The van der Waals surface area contributed by atoms with Gasteiger partial charge in [-0.25, -0.2) is 23.8 Å². The molecule has 4 atom stereocenters. The van der Waals surface area contributed by atoms with Crippen molar-refractivity contribution in [1.82, 2.24) is 60.0 Å². The Morgan fingerprint density at radius 1 is 0.575 bits per heavy atom. The van der Waals surface area contributed by atoms with Gasteiger partial charge < -0.3 is 24.8 Å². The zero-order valence-corrected chi connectivity index (χ0v) is 45.8. The number of hydrogen-bond acceptors (Lipinski definition) is 13. The first-order valence-electron chi connectivity index (χ1n) is 27.1. The van der Waals surface area contributed by atoms with E-state index in [0.717, 1.165) is 102 Å². The molecule has 0 spiro atoms. The van der Waals surface area contributed by atoms with Crippen LogP contribution in [0.3, 0.4) is 0 Å². The molecule has 17 nitrogen and oxygen atoms in total. The molecule has 0 radical (unpaired) electrons. The fraction of sp³-hybridized carbons (Fsp3) is 0.254. The number of carbonyl (C=O) groups excluding carboxylic acids is 1. The lowest BCUT2D eigenvalue weighted by atomic mass is 9.96. The van der Waals surface area contributed by atoms with Crippen molar-refractivity contribution < 1.29 is 9.53 Å². The molecule has 2 aliphatic heterocycles. The van der Waals surface area contributed by atoms with Crippen LogP contribution in [-0.4, -0.2) is 117 Å². The zero-order chi connectivity index (χ0) is 55.2. The molecule has 5 aromatic heterocycles. The van der Waals surface area contributed by atoms with Crippen molar-refractivity contribution in [3.63, 3.8) is 0 Å². The van der Waals surface area contributed by atoms with Crippen molar-refractivity contribution in [3.05, 3.63) is 164 Å². The molecule has 17 heteroatoms. The van der Waals surface area contributed by atoms with Crippen LogP contribution in [0.4, 0.5) is 16.2 Å². The van der Waals surface area contributed by atoms with Gasteiger partial charge >= 0.3 is 6.09 Å². The SMILES string of the molecule is C[C@@H]1CN(C(=O)OC(C)(C)C)C[C@H](C)N1c1ccc(-c2cnc3c(-c4cccc5c(C#N)cccc45)cnn3c2)cc1.C[C@@H]1CNC[C@H](C)N1c1ccc(-c2cnc3c(-c4cccc5c(-c6nn[nH]n6)cccc45)cnn3c2)cc1. The molecule has 80 heavy (non-hydrogen) atoms. The number of carbonyl (C=O) groups is 1. The molecule has 400 valence electrons. The summed E-state index contributed by atoms with van der Waals surface area (Å²) in [5, 5.41) is 41.0. The van der Waals surface area contributed by atoms with E-state index in [1.54, 1.807) is 0 Å². The fourth-order valence-corrected chi connectivity index (χ4v) is 11.7. The Morgan fingerprint density at radius 3 is 1.55 bits per heavy atom. The van der Waals surface area contributed by atoms with Gasteiger partial charge in [0.2, 0.25) is 5.82 Å². The molecule has 13 rings (SSSR count). The average Bonchev–Trinajstić information content (AvgIpc) is 4.41. The maximum Gasteiger partial charge on any atom is 0.410 e. The Labute approximate surface area is 463 Å². The molecule has 0 bridgehead atoms. The zero-order valence-electron chi connectivity index (χ0n) is 45.8. The third kappa shape index (κ3) is 9.79. The van der Waals surface area contributed by atoms with E-state index in [9.17, 15) is 10.1 Å². The minimum atomic E-state index is -0.510. The first-order chi connectivity index (χ1) is 38.8. The highest BCUT2D eigenvalue weighted by Gasteiger charge is 2.34. The molecule has 0 saturated carbocycles. The van der Waals surface area contributed by atoms with E-state index < -0.39 is 5.60 Å². The number of aromatic amines is 1. The monoisotopic (exact) mass is 1060 g/mol. The first-order valence-corrected chi connectivity index (χ1v) is 27.1. The van der Waals surface area contributed by atoms with Crippen molar-refractivity contribution >= 4 is 50.3 Å². The molecule has 1 amide bonds. The van der Waals surface area contributed by atoms with Crippen molar-refractivity contribution in [2.75, 3.05) is 36.0 Å². The minimum absolute atomic E-state index is 0.144. The van der Waals surface area contributed by atoms with Crippen LogP contribution in [0.5, 0.6) is 0 Å². The van der Waals surface area contributed by atoms with Gasteiger partial charge in [0.25, 0.3) is 0 Å². The summed E-state index contributed by atoms with van der Waals surface area (Å²) >= 11 is 0. The second kappa shape index (κ2) is 21.0. The van der Waals surface area contributed by atoms with Crippen LogP contribution in [0.1, 0.15) is 54.0 Å². The molecule has 2 saturated heterocycles. The number of benzene rings is 6. The standard InChI is InChI=1S/C34H34N6O2.C29H27N9/c1-22-19-38(33(41)42-34(3,4)5)20-23(2)40(22)27-14-12-24(13-15-27)26-17-36-32-31(18-37-39(32)21-26)30-11-7-9-28-25(16-35)8-6-10-29(28)30;1-18-13-30-14-19(2)38(18)22-11-9-20(10-12-22)21-15-31-29-27(16-32-37(29)17-21)25-7-3-6-24-23(25)5-4-8-26(24)28-33-35-36-34-28/h6-15,17-18,21-23H,19-20H2,1-5H3;3-12,15-19,30H,13-14H2,1-2H3,(H,33,34,35,36)/t22-,23+;18-,19+. The normalized spacial score (nSPS) is 17.6. The van der Waals surface area contributed by atoms with Gasteiger partial charge in [0.15, 0.2) is 11.3 Å². The highest BCUT2D eigenvalue weighted by Crippen LogP contribution is 2.37. The van der Waals surface area contributed by atoms with Crippen molar-refractivity contribution in [2.24, 2.45) is 0 Å². The lowest BCUT2D eigenvalue weighted by Gasteiger charge is -2.45. The summed E-state index contributed by atoms with van der Waals surface area (Å²) in [5.41, 5.74) is 13.1. The number of piperazine rings is 2. The summed E-state index contributed by atoms with van der Waals surface area (Å²) < 4.78 is 9.28. The Hall–Kier alpha value is -9.53. The maximum atomic E-state index is 12.7. The number of hydrogen-bond donors (Lipinski definition) is 2. The van der Waals surface area contributed by atoms with Crippen molar-refractivity contribution in [3.8, 4) is 62.0 Å². The smallest absolute Gasteiger partial charge is 0.410 e. The highest BCUT2D eigenvalue weighted by molar-refractivity contribution is 6.05. The summed E-state index contributed by atoms with van der Waals surface area (Å²) in [7, 11) is 0. The molecule has 7 heterocycles. The van der Waals surface area contributed by atoms with E-state index in [-0.39, 0.29) is 18.2 Å². The summed E-state index contributed by atoms with van der Waals surface area (Å²) in [6.07, 6.45) is 11.3. The minimum Gasteiger partial charge on any atom is -0.444 e. The molecule has 2 aliphatic rings. The number of H-pyrrole nitrogens is 1. The molecule has 11 aromatic rings. The topological polar surface area (TPSA) is 187 Å². The van der Waals surface area contributed by atoms with Gasteiger partial charge in [-0.05, 0) is 122 Å². The summed E-state index contributed by atoms with van der Waals surface area (Å²) in [5.74, 6) is 0.572. The third-order valence-electron chi connectivity index (χ3n) is 15.2. The first kappa shape index (κ1) is 51.2. The average molecular weight is 1060 g/mol. The van der Waals surface area contributed by atoms with Crippen molar-refractivity contribution in [1.29, 1.82) is 5.26 Å². The number of nitrogens with one attached hydrogen (secondary N) is 2. The van der Waals surface area contributed by atoms with Crippen LogP contribution in [-0.2, 0) is 4.74 Å². The Balaban J connectivity index is 0.000000160. The summed E-state index contributed by atoms with van der Waals surface area (Å²) in [4.78, 5) is 29.0. The van der Waals surface area contributed by atoms with Gasteiger partial charge in [0.1, 0.15) is 5.60 Å². The Morgan fingerprint density at radius 2 is 1.05 bits per heavy atom.